The summed E-state index contributed by atoms with van der Waals surface area (Å²) < 4.78 is 34.3. The number of ether oxygens (including phenoxy) is 1. The minimum absolute atomic E-state index is 0.0667. The molecular weight excluding hydrogens is 346 g/mol. The molecular formula is C15H19N5O4S. The van der Waals surface area contributed by atoms with Crippen molar-refractivity contribution in [2.24, 2.45) is 7.05 Å². The zero-order valence-corrected chi connectivity index (χ0v) is 14.6. The van der Waals surface area contributed by atoms with Gasteiger partial charge in [-0.2, -0.15) is 10.2 Å². The van der Waals surface area contributed by atoms with Crippen LogP contribution in [0.1, 0.15) is 10.4 Å². The van der Waals surface area contributed by atoms with Gasteiger partial charge in [0.05, 0.1) is 43.8 Å². The maximum absolute atomic E-state index is 12.6. The van der Waals surface area contributed by atoms with E-state index in [0.717, 1.165) is 0 Å². The van der Waals surface area contributed by atoms with Crippen LogP contribution >= 0.6 is 0 Å². The maximum atomic E-state index is 12.6. The summed E-state index contributed by atoms with van der Waals surface area (Å²) in [7, 11) is -1.58. The molecule has 1 atom stereocenters. The Hall–Kier alpha value is -2.20. The topological polar surface area (TPSA) is 99.3 Å². The third kappa shape index (κ3) is 2.95. The van der Waals surface area contributed by atoms with Crippen LogP contribution in [0.25, 0.3) is 0 Å². The smallest absolute Gasteiger partial charge is 0.257 e. The lowest BCUT2D eigenvalue weighted by Crippen LogP contribution is -2.70. The van der Waals surface area contributed by atoms with Gasteiger partial charge in [-0.25, -0.2) is 8.42 Å². The van der Waals surface area contributed by atoms with Gasteiger partial charge in [-0.1, -0.05) is 0 Å². The van der Waals surface area contributed by atoms with E-state index >= 15 is 0 Å². The Morgan fingerprint density at radius 2 is 2.20 bits per heavy atom. The third-order valence-corrected chi connectivity index (χ3v) is 6.92. The van der Waals surface area contributed by atoms with Crippen LogP contribution in [0.3, 0.4) is 0 Å². The number of carbonyl (C=O) groups excluding carboxylic acids is 1. The Balaban J connectivity index is 1.40. The van der Waals surface area contributed by atoms with Crippen LogP contribution in [0.2, 0.25) is 0 Å². The summed E-state index contributed by atoms with van der Waals surface area (Å²) >= 11 is 0. The van der Waals surface area contributed by atoms with Gasteiger partial charge in [0.25, 0.3) is 5.91 Å². The number of nitrogens with zero attached hydrogens (tertiary/aromatic N) is 5. The molecule has 0 saturated carbocycles. The number of hydrogen-bond donors (Lipinski definition) is 0. The van der Waals surface area contributed by atoms with E-state index in [1.807, 2.05) is 0 Å². The fourth-order valence-electron chi connectivity index (χ4n) is 3.37. The summed E-state index contributed by atoms with van der Waals surface area (Å²) in [5.74, 6) is -0.221. The predicted molar refractivity (Wildman–Crippen MR) is 87.6 cm³/mol. The lowest BCUT2D eigenvalue weighted by atomic mass is 9.95. The Morgan fingerprint density at radius 1 is 1.40 bits per heavy atom. The zero-order chi connectivity index (χ0) is 17.7. The number of likely N-dealkylation sites (tertiary alicyclic amines) is 1. The highest BCUT2D eigenvalue weighted by atomic mass is 32.2. The Morgan fingerprint density at radius 3 is 2.80 bits per heavy atom. The highest BCUT2D eigenvalue weighted by Gasteiger charge is 2.54. The number of aryl methyl sites for hydroxylation is 1. The van der Waals surface area contributed by atoms with Crippen LogP contribution in [-0.4, -0.2) is 75.1 Å². The number of aromatic nitrogens is 4. The van der Waals surface area contributed by atoms with Crippen molar-refractivity contribution in [1.29, 1.82) is 0 Å². The van der Waals surface area contributed by atoms with E-state index in [1.165, 1.54) is 6.20 Å². The van der Waals surface area contributed by atoms with Gasteiger partial charge in [-0.3, -0.25) is 14.2 Å². The summed E-state index contributed by atoms with van der Waals surface area (Å²) in [6.07, 6.45) is 6.50. The molecule has 2 aliphatic heterocycles. The van der Waals surface area contributed by atoms with Crippen LogP contribution in [-0.2, 0) is 28.2 Å². The van der Waals surface area contributed by atoms with Crippen LogP contribution in [0.5, 0.6) is 0 Å². The van der Waals surface area contributed by atoms with Gasteiger partial charge in [0, 0.05) is 25.6 Å². The van der Waals surface area contributed by atoms with E-state index < -0.39 is 20.7 Å². The van der Waals surface area contributed by atoms with Crippen molar-refractivity contribution in [1.82, 2.24) is 24.5 Å². The van der Waals surface area contributed by atoms with Crippen LogP contribution in [0.4, 0.5) is 0 Å². The molecule has 0 aliphatic carbocycles. The SMILES string of the molecule is Cn1cc(C(=O)N2CC3(C2)CS(=O)(=O)[C@@H](Cn2cccn2)CO3)cn1. The van der Waals surface area contributed by atoms with Gasteiger partial charge in [-0.15, -0.1) is 0 Å². The second-order valence-corrected chi connectivity index (χ2v) is 9.00. The predicted octanol–water partition coefficient (Wildman–Crippen LogP) is -0.675. The first-order chi connectivity index (χ1) is 11.9. The van der Waals surface area contributed by atoms with Gasteiger partial charge in [-0.05, 0) is 6.07 Å². The largest absolute Gasteiger partial charge is 0.369 e. The first-order valence-corrected chi connectivity index (χ1v) is 9.69. The van der Waals surface area contributed by atoms with Gasteiger partial charge in [0.2, 0.25) is 0 Å². The molecule has 25 heavy (non-hydrogen) atoms. The van der Waals surface area contributed by atoms with Gasteiger partial charge in [0.15, 0.2) is 9.84 Å². The highest BCUT2D eigenvalue weighted by Crippen LogP contribution is 2.33. The molecule has 1 amide bonds. The monoisotopic (exact) mass is 365 g/mol. The van der Waals surface area contributed by atoms with E-state index in [0.29, 0.717) is 5.56 Å². The molecule has 4 rings (SSSR count). The van der Waals surface area contributed by atoms with Crippen molar-refractivity contribution in [2.45, 2.75) is 17.4 Å². The molecule has 0 N–H and O–H groups in total. The van der Waals surface area contributed by atoms with Crippen molar-refractivity contribution in [3.8, 4) is 0 Å². The second-order valence-electron chi connectivity index (χ2n) is 6.72. The fraction of sp³-hybridized carbons (Fsp3) is 0.533. The molecule has 4 heterocycles. The molecule has 134 valence electrons. The number of carbonyl (C=O) groups is 1. The summed E-state index contributed by atoms with van der Waals surface area (Å²) in [5, 5.41) is 7.43. The third-order valence-electron chi connectivity index (χ3n) is 4.69. The first-order valence-electron chi connectivity index (χ1n) is 7.98. The number of rotatable bonds is 3. The quantitative estimate of drug-likeness (QED) is 0.715. The van der Waals surface area contributed by atoms with E-state index in [9.17, 15) is 13.2 Å². The molecule has 10 heteroatoms. The van der Waals surface area contributed by atoms with E-state index in [2.05, 4.69) is 10.2 Å². The number of amides is 1. The van der Waals surface area contributed by atoms with Crippen LogP contribution in [0.15, 0.2) is 30.9 Å². The number of sulfone groups is 1. The highest BCUT2D eigenvalue weighted by molar-refractivity contribution is 7.92. The summed E-state index contributed by atoms with van der Waals surface area (Å²) in [4.78, 5) is 14.0. The lowest BCUT2D eigenvalue weighted by Gasteiger charge is -2.52. The molecule has 2 aliphatic rings. The Labute approximate surface area is 145 Å². The molecule has 0 bridgehead atoms. The molecule has 0 unspecified atom stereocenters. The maximum Gasteiger partial charge on any atom is 0.257 e. The minimum atomic E-state index is -3.32. The van der Waals surface area contributed by atoms with Gasteiger partial charge >= 0.3 is 0 Å². The molecule has 1 spiro atoms. The summed E-state index contributed by atoms with van der Waals surface area (Å²) in [5.41, 5.74) is -0.287. The summed E-state index contributed by atoms with van der Waals surface area (Å²) in [6.45, 7) is 0.976. The van der Waals surface area contributed by atoms with Crippen LogP contribution < -0.4 is 0 Å². The molecule has 9 nitrogen and oxygen atoms in total. The van der Waals surface area contributed by atoms with Crippen molar-refractivity contribution >= 4 is 15.7 Å². The van der Waals surface area contributed by atoms with E-state index in [-0.39, 0.29) is 37.9 Å². The molecule has 2 aromatic rings. The molecule has 0 radical (unpaired) electrons. The average molecular weight is 365 g/mol. The molecule has 2 aromatic heterocycles. The standard InChI is InChI=1S/C15H19N5O4S/c1-18-6-12(5-17-18)14(21)19-9-15(10-19)11-25(22,23)13(8-24-15)7-20-4-2-3-16-20/h2-6,13H,7-11H2,1H3/t13-/m0/s1. The Kier molecular flexibility index (Phi) is 3.69. The van der Waals surface area contributed by atoms with Crippen molar-refractivity contribution < 1.29 is 17.9 Å². The second kappa shape index (κ2) is 5.67. The average Bonchev–Trinajstić information content (AvgIpc) is 3.17. The zero-order valence-electron chi connectivity index (χ0n) is 13.8. The van der Waals surface area contributed by atoms with Crippen molar-refractivity contribution in [3.63, 3.8) is 0 Å². The van der Waals surface area contributed by atoms with E-state index in [4.69, 9.17) is 4.74 Å². The van der Waals surface area contributed by atoms with Gasteiger partial charge in [0.1, 0.15) is 10.9 Å². The number of hydrogen-bond acceptors (Lipinski definition) is 6. The fourth-order valence-corrected chi connectivity index (χ4v) is 5.26. The molecule has 0 aromatic carbocycles. The lowest BCUT2D eigenvalue weighted by molar-refractivity contribution is -0.121. The minimum Gasteiger partial charge on any atom is -0.369 e. The Bertz CT molecular complexity index is 883. The normalized spacial score (nSPS) is 24.2. The van der Waals surface area contributed by atoms with Crippen molar-refractivity contribution in [3.05, 3.63) is 36.4 Å². The first kappa shape index (κ1) is 16.3. The summed E-state index contributed by atoms with van der Waals surface area (Å²) in [6, 6.07) is 1.76. The van der Waals surface area contributed by atoms with Crippen LogP contribution in [0, 0.1) is 0 Å². The van der Waals surface area contributed by atoms with Gasteiger partial charge < -0.3 is 9.64 Å². The van der Waals surface area contributed by atoms with Crippen molar-refractivity contribution in [2.75, 3.05) is 25.4 Å². The molecule has 2 saturated heterocycles. The van der Waals surface area contributed by atoms with E-state index in [1.54, 1.807) is 46.0 Å². The molecule has 2 fully saturated rings.